The number of hydrogen-bond acceptors (Lipinski definition) is 3. The van der Waals surface area contributed by atoms with Gasteiger partial charge in [0.15, 0.2) is 0 Å². The van der Waals surface area contributed by atoms with Gasteiger partial charge in [-0.3, -0.25) is 9.59 Å². The first-order valence-electron chi connectivity index (χ1n) is 9.33. The quantitative estimate of drug-likeness (QED) is 0.862. The van der Waals surface area contributed by atoms with Gasteiger partial charge >= 0.3 is 0 Å². The molecule has 2 unspecified atom stereocenters. The van der Waals surface area contributed by atoms with Crippen molar-refractivity contribution in [1.82, 2.24) is 10.2 Å². The van der Waals surface area contributed by atoms with Gasteiger partial charge in [0.25, 0.3) is 0 Å². The summed E-state index contributed by atoms with van der Waals surface area (Å²) in [6.45, 7) is 2.74. The van der Waals surface area contributed by atoms with E-state index in [-0.39, 0.29) is 30.2 Å². The normalized spacial score (nSPS) is 24.2. The maximum Gasteiger partial charge on any atom is 0.225 e. The van der Waals surface area contributed by atoms with E-state index in [1.54, 1.807) is 4.90 Å². The van der Waals surface area contributed by atoms with Crippen LogP contribution in [0.4, 0.5) is 0 Å². The average Bonchev–Trinajstić information content (AvgIpc) is 3.02. The summed E-state index contributed by atoms with van der Waals surface area (Å²) in [6, 6.07) is 9.85. The topological polar surface area (TPSA) is 69.6 Å². The van der Waals surface area contributed by atoms with Crippen molar-refractivity contribution >= 4 is 11.8 Å². The lowest BCUT2D eigenvalue weighted by Crippen LogP contribution is -2.46. The number of amides is 2. The molecule has 0 aromatic heterocycles. The second kappa shape index (κ2) is 7.56. The molecule has 0 spiro atoms. The van der Waals surface area contributed by atoms with Gasteiger partial charge in [-0.15, -0.1) is 0 Å². The SMILES string of the molecule is CC(c1ccccc1)N1CC(C(=O)NCC2(O)CCCCC2)CC1=O. The molecule has 1 heterocycles. The van der Waals surface area contributed by atoms with Crippen LogP contribution in [0.2, 0.25) is 0 Å². The summed E-state index contributed by atoms with van der Waals surface area (Å²) in [6.07, 6.45) is 4.91. The highest BCUT2D eigenvalue weighted by atomic mass is 16.3. The first-order chi connectivity index (χ1) is 12.0. The van der Waals surface area contributed by atoms with E-state index in [1.807, 2.05) is 37.3 Å². The summed E-state index contributed by atoms with van der Waals surface area (Å²) in [5, 5.41) is 13.4. The molecular weight excluding hydrogens is 316 g/mol. The maximum atomic E-state index is 12.5. The Morgan fingerprint density at radius 2 is 1.96 bits per heavy atom. The molecule has 136 valence electrons. The van der Waals surface area contributed by atoms with Crippen LogP contribution in [0.5, 0.6) is 0 Å². The molecule has 0 bridgehead atoms. The zero-order valence-corrected chi connectivity index (χ0v) is 14.9. The van der Waals surface area contributed by atoms with Gasteiger partial charge < -0.3 is 15.3 Å². The number of aliphatic hydroxyl groups is 1. The molecule has 5 nitrogen and oxygen atoms in total. The number of likely N-dealkylation sites (tertiary alicyclic amines) is 1. The fourth-order valence-electron chi connectivity index (χ4n) is 3.98. The number of nitrogens with zero attached hydrogens (tertiary/aromatic N) is 1. The Morgan fingerprint density at radius 1 is 1.28 bits per heavy atom. The van der Waals surface area contributed by atoms with Crippen LogP contribution < -0.4 is 5.32 Å². The Kier molecular flexibility index (Phi) is 5.42. The summed E-state index contributed by atoms with van der Waals surface area (Å²) in [5.74, 6) is -0.422. The van der Waals surface area contributed by atoms with Crippen LogP contribution in [0.25, 0.3) is 0 Å². The predicted octanol–water partition coefficient (Wildman–Crippen LogP) is 2.41. The summed E-state index contributed by atoms with van der Waals surface area (Å²) in [5.41, 5.74) is 0.307. The van der Waals surface area contributed by atoms with Gasteiger partial charge in [0.1, 0.15) is 0 Å². The van der Waals surface area contributed by atoms with Crippen LogP contribution in [0, 0.1) is 5.92 Å². The minimum absolute atomic E-state index is 0.0212. The van der Waals surface area contributed by atoms with Gasteiger partial charge in [0, 0.05) is 19.5 Å². The van der Waals surface area contributed by atoms with E-state index >= 15 is 0 Å². The molecule has 1 aliphatic heterocycles. The van der Waals surface area contributed by atoms with Crippen LogP contribution >= 0.6 is 0 Å². The highest BCUT2D eigenvalue weighted by molar-refractivity contribution is 5.89. The standard InChI is InChI=1S/C20H28N2O3/c1-15(16-8-4-2-5-9-16)22-13-17(12-18(22)23)19(24)21-14-20(25)10-6-3-7-11-20/h2,4-5,8-9,15,17,25H,3,6-7,10-14H2,1H3,(H,21,24). The van der Waals surface area contributed by atoms with Gasteiger partial charge in [0.05, 0.1) is 17.6 Å². The van der Waals surface area contributed by atoms with Crippen LogP contribution in [-0.2, 0) is 9.59 Å². The molecule has 1 aliphatic carbocycles. The Morgan fingerprint density at radius 3 is 2.64 bits per heavy atom. The van der Waals surface area contributed by atoms with E-state index in [0.717, 1.165) is 37.7 Å². The second-order valence-corrected chi connectivity index (χ2v) is 7.54. The summed E-state index contributed by atoms with van der Waals surface area (Å²) in [7, 11) is 0. The molecule has 2 fully saturated rings. The third kappa shape index (κ3) is 4.21. The lowest BCUT2D eigenvalue weighted by Gasteiger charge is -2.32. The molecule has 1 aromatic carbocycles. The van der Waals surface area contributed by atoms with E-state index in [0.29, 0.717) is 13.1 Å². The van der Waals surface area contributed by atoms with Crippen LogP contribution in [0.3, 0.4) is 0 Å². The van der Waals surface area contributed by atoms with Crippen molar-refractivity contribution in [2.45, 2.75) is 57.1 Å². The molecule has 2 N–H and O–H groups in total. The smallest absolute Gasteiger partial charge is 0.225 e. The second-order valence-electron chi connectivity index (χ2n) is 7.54. The maximum absolute atomic E-state index is 12.5. The van der Waals surface area contributed by atoms with Crippen molar-refractivity contribution < 1.29 is 14.7 Å². The van der Waals surface area contributed by atoms with Gasteiger partial charge in [-0.25, -0.2) is 0 Å². The molecule has 3 rings (SSSR count). The number of carbonyl (C=O) groups excluding carboxylic acids is 2. The van der Waals surface area contributed by atoms with Gasteiger partial charge in [-0.05, 0) is 25.3 Å². The number of carbonyl (C=O) groups is 2. The van der Waals surface area contributed by atoms with Crippen molar-refractivity contribution in [2.75, 3.05) is 13.1 Å². The van der Waals surface area contributed by atoms with Crippen molar-refractivity contribution in [3.05, 3.63) is 35.9 Å². The van der Waals surface area contributed by atoms with Crippen LogP contribution in [-0.4, -0.2) is 40.5 Å². The van der Waals surface area contributed by atoms with E-state index in [4.69, 9.17) is 0 Å². The van der Waals surface area contributed by atoms with Crippen LogP contribution in [0.1, 0.15) is 57.1 Å². The van der Waals surface area contributed by atoms with Crippen molar-refractivity contribution in [1.29, 1.82) is 0 Å². The number of rotatable bonds is 5. The van der Waals surface area contributed by atoms with Gasteiger partial charge in [-0.1, -0.05) is 49.6 Å². The molecule has 0 radical (unpaired) electrons. The minimum atomic E-state index is -0.770. The third-order valence-corrected chi connectivity index (χ3v) is 5.65. The molecule has 2 atom stereocenters. The zero-order chi connectivity index (χ0) is 17.9. The molecular formula is C20H28N2O3. The molecule has 2 aliphatic rings. The average molecular weight is 344 g/mol. The van der Waals surface area contributed by atoms with E-state index in [1.165, 1.54) is 0 Å². The van der Waals surface area contributed by atoms with Crippen LogP contribution in [0.15, 0.2) is 30.3 Å². The predicted molar refractivity (Wildman–Crippen MR) is 95.7 cm³/mol. The van der Waals surface area contributed by atoms with Gasteiger partial charge in [0.2, 0.25) is 11.8 Å². The first kappa shape index (κ1) is 17.9. The van der Waals surface area contributed by atoms with Crippen molar-refractivity contribution in [3.63, 3.8) is 0 Å². The highest BCUT2D eigenvalue weighted by Crippen LogP contribution is 2.30. The molecule has 2 amide bonds. The largest absolute Gasteiger partial charge is 0.388 e. The number of nitrogens with one attached hydrogen (secondary N) is 1. The monoisotopic (exact) mass is 344 g/mol. The van der Waals surface area contributed by atoms with E-state index in [9.17, 15) is 14.7 Å². The van der Waals surface area contributed by atoms with Gasteiger partial charge in [-0.2, -0.15) is 0 Å². The number of benzene rings is 1. The molecule has 1 aromatic rings. The fourth-order valence-corrected chi connectivity index (χ4v) is 3.98. The molecule has 5 heteroatoms. The molecule has 25 heavy (non-hydrogen) atoms. The Labute approximate surface area is 149 Å². The van der Waals surface area contributed by atoms with Crippen molar-refractivity contribution in [2.24, 2.45) is 5.92 Å². The highest BCUT2D eigenvalue weighted by Gasteiger charge is 2.38. The summed E-state index contributed by atoms with van der Waals surface area (Å²) >= 11 is 0. The fraction of sp³-hybridized carbons (Fsp3) is 0.600. The Bertz CT molecular complexity index is 611. The van der Waals surface area contributed by atoms with E-state index < -0.39 is 5.60 Å². The lowest BCUT2D eigenvalue weighted by atomic mass is 9.85. The summed E-state index contributed by atoms with van der Waals surface area (Å²) in [4.78, 5) is 26.6. The summed E-state index contributed by atoms with van der Waals surface area (Å²) < 4.78 is 0. The van der Waals surface area contributed by atoms with E-state index in [2.05, 4.69) is 5.32 Å². The lowest BCUT2D eigenvalue weighted by molar-refractivity contribution is -0.130. The zero-order valence-electron chi connectivity index (χ0n) is 14.9. The third-order valence-electron chi connectivity index (χ3n) is 5.65. The molecule has 1 saturated heterocycles. The van der Waals surface area contributed by atoms with Crippen molar-refractivity contribution in [3.8, 4) is 0 Å². The molecule has 1 saturated carbocycles. The Hall–Kier alpha value is -1.88. The number of hydrogen-bond donors (Lipinski definition) is 2. The Balaban J connectivity index is 1.55. The minimum Gasteiger partial charge on any atom is -0.388 e. The first-order valence-corrected chi connectivity index (χ1v) is 9.33.